The third kappa shape index (κ3) is 5.95. The van der Waals surface area contributed by atoms with Crippen molar-refractivity contribution in [2.24, 2.45) is 4.99 Å². The summed E-state index contributed by atoms with van der Waals surface area (Å²) in [6.45, 7) is 5.25. The van der Waals surface area contributed by atoms with Gasteiger partial charge in [-0.1, -0.05) is 18.2 Å². The molecule has 24 heavy (non-hydrogen) atoms. The van der Waals surface area contributed by atoms with Crippen LogP contribution in [0.15, 0.2) is 47.7 Å². The number of guanidine groups is 1. The smallest absolute Gasteiger partial charge is 0.190 e. The minimum absolute atomic E-state index is 0.684. The van der Waals surface area contributed by atoms with E-state index in [1.807, 2.05) is 42.1 Å². The zero-order valence-corrected chi connectivity index (χ0v) is 14.5. The van der Waals surface area contributed by atoms with Gasteiger partial charge in [0.2, 0.25) is 0 Å². The predicted octanol–water partition coefficient (Wildman–Crippen LogP) is 2.08. The number of hydrogen-bond donors (Lipinski definition) is 2. The first kappa shape index (κ1) is 17.8. The van der Waals surface area contributed by atoms with Crippen molar-refractivity contribution < 1.29 is 4.74 Å². The third-order valence-electron chi connectivity index (χ3n) is 3.60. The van der Waals surface area contributed by atoms with Gasteiger partial charge in [-0.05, 0) is 37.5 Å². The van der Waals surface area contributed by atoms with Crippen molar-refractivity contribution in [1.29, 1.82) is 0 Å². The maximum Gasteiger partial charge on any atom is 0.190 e. The summed E-state index contributed by atoms with van der Waals surface area (Å²) in [5.41, 5.74) is 1.21. The highest BCUT2D eigenvalue weighted by atomic mass is 16.5. The monoisotopic (exact) mass is 329 g/mol. The van der Waals surface area contributed by atoms with Crippen LogP contribution in [-0.2, 0) is 13.0 Å². The second kappa shape index (κ2) is 10.3. The lowest BCUT2D eigenvalue weighted by Gasteiger charge is -2.13. The average molecular weight is 329 g/mol. The molecule has 0 unspecified atom stereocenters. The predicted molar refractivity (Wildman–Crippen MR) is 97.5 cm³/mol. The Labute approximate surface area is 143 Å². The molecule has 0 fully saturated rings. The molecule has 0 spiro atoms. The van der Waals surface area contributed by atoms with Crippen molar-refractivity contribution in [3.8, 4) is 5.75 Å². The van der Waals surface area contributed by atoms with E-state index in [0.717, 1.165) is 44.2 Å². The van der Waals surface area contributed by atoms with Crippen LogP contribution in [0.4, 0.5) is 0 Å². The van der Waals surface area contributed by atoms with E-state index in [4.69, 9.17) is 4.74 Å². The number of nitrogens with zero attached hydrogens (tertiary/aromatic N) is 3. The van der Waals surface area contributed by atoms with E-state index in [1.165, 1.54) is 5.56 Å². The topological polar surface area (TPSA) is 63.5 Å². The largest absolute Gasteiger partial charge is 0.494 e. The number of aromatic nitrogens is 2. The van der Waals surface area contributed by atoms with Crippen molar-refractivity contribution in [3.63, 3.8) is 0 Å². The van der Waals surface area contributed by atoms with Crippen LogP contribution in [0.3, 0.4) is 0 Å². The molecule has 130 valence electrons. The molecule has 2 aromatic rings. The number of nitrogens with one attached hydrogen (secondary N) is 2. The fraction of sp³-hybridized carbons (Fsp3) is 0.444. The number of hydrogen-bond acceptors (Lipinski definition) is 3. The highest BCUT2D eigenvalue weighted by Crippen LogP contribution is 2.17. The van der Waals surface area contributed by atoms with Gasteiger partial charge >= 0.3 is 0 Å². The van der Waals surface area contributed by atoms with Gasteiger partial charge in [-0.3, -0.25) is 9.67 Å². The van der Waals surface area contributed by atoms with Crippen molar-refractivity contribution in [3.05, 3.63) is 48.3 Å². The van der Waals surface area contributed by atoms with E-state index in [2.05, 4.69) is 26.8 Å². The summed E-state index contributed by atoms with van der Waals surface area (Å²) in [7, 11) is 1.79. The van der Waals surface area contributed by atoms with E-state index in [-0.39, 0.29) is 0 Å². The first-order chi connectivity index (χ1) is 11.8. The van der Waals surface area contributed by atoms with Crippen LogP contribution >= 0.6 is 0 Å². The van der Waals surface area contributed by atoms with Crippen LogP contribution in [-0.4, -0.2) is 42.5 Å². The molecule has 1 heterocycles. The minimum Gasteiger partial charge on any atom is -0.494 e. The minimum atomic E-state index is 0.684. The van der Waals surface area contributed by atoms with Crippen LogP contribution in [0.1, 0.15) is 18.9 Å². The second-order valence-electron chi connectivity index (χ2n) is 5.34. The highest BCUT2D eigenvalue weighted by Gasteiger charge is 2.03. The molecule has 6 nitrogen and oxygen atoms in total. The molecule has 0 aliphatic rings. The SMILES string of the molecule is CCOc1ccccc1CCNC(=NC)NCCCn1cccn1. The van der Waals surface area contributed by atoms with Crippen LogP contribution in [0, 0.1) is 0 Å². The fourth-order valence-electron chi connectivity index (χ4n) is 2.42. The van der Waals surface area contributed by atoms with Crippen LogP contribution in [0.2, 0.25) is 0 Å². The third-order valence-corrected chi connectivity index (χ3v) is 3.60. The van der Waals surface area contributed by atoms with E-state index in [1.54, 1.807) is 13.2 Å². The Kier molecular flexibility index (Phi) is 7.67. The van der Waals surface area contributed by atoms with Gasteiger partial charge in [0, 0.05) is 39.1 Å². The summed E-state index contributed by atoms with van der Waals surface area (Å²) in [5, 5.41) is 10.9. The van der Waals surface area contributed by atoms with Crippen LogP contribution < -0.4 is 15.4 Å². The van der Waals surface area contributed by atoms with E-state index >= 15 is 0 Å². The van der Waals surface area contributed by atoms with Gasteiger partial charge in [0.15, 0.2) is 5.96 Å². The molecule has 1 aromatic carbocycles. The molecule has 2 N–H and O–H groups in total. The zero-order chi connectivity index (χ0) is 17.0. The summed E-state index contributed by atoms with van der Waals surface area (Å²) < 4.78 is 7.59. The Morgan fingerprint density at radius 3 is 2.79 bits per heavy atom. The highest BCUT2D eigenvalue weighted by molar-refractivity contribution is 5.79. The molecule has 0 saturated carbocycles. The summed E-state index contributed by atoms with van der Waals surface area (Å²) in [4.78, 5) is 4.25. The molecule has 0 atom stereocenters. The molecule has 0 bridgehead atoms. The number of aliphatic imine (C=N–C) groups is 1. The molecule has 0 amide bonds. The quantitative estimate of drug-likeness (QED) is 0.420. The number of aryl methyl sites for hydroxylation is 1. The first-order valence-electron chi connectivity index (χ1n) is 8.46. The van der Waals surface area contributed by atoms with Crippen molar-refractivity contribution >= 4 is 5.96 Å². The number of benzene rings is 1. The standard InChI is InChI=1S/C18H27N5O/c1-3-24-17-9-5-4-8-16(17)10-13-21-18(19-2)20-11-6-14-23-15-7-12-22-23/h4-5,7-9,12,15H,3,6,10-11,13-14H2,1-2H3,(H2,19,20,21). The van der Waals surface area contributed by atoms with Crippen LogP contribution in [0.5, 0.6) is 5.75 Å². The van der Waals surface area contributed by atoms with E-state index in [0.29, 0.717) is 6.61 Å². The molecule has 0 aliphatic heterocycles. The van der Waals surface area contributed by atoms with Gasteiger partial charge in [-0.25, -0.2) is 0 Å². The van der Waals surface area contributed by atoms with Crippen molar-refractivity contribution in [2.45, 2.75) is 26.3 Å². The lowest BCUT2D eigenvalue weighted by Crippen LogP contribution is -2.39. The number of para-hydroxylation sites is 1. The maximum atomic E-state index is 5.65. The molecule has 0 aliphatic carbocycles. The van der Waals surface area contributed by atoms with E-state index < -0.39 is 0 Å². The van der Waals surface area contributed by atoms with E-state index in [9.17, 15) is 0 Å². The van der Waals surface area contributed by atoms with Gasteiger partial charge in [-0.15, -0.1) is 0 Å². The number of ether oxygens (including phenoxy) is 1. The Balaban J connectivity index is 1.68. The maximum absolute atomic E-state index is 5.65. The van der Waals surface area contributed by atoms with Gasteiger partial charge in [0.05, 0.1) is 6.61 Å². The molecule has 6 heteroatoms. The van der Waals surface area contributed by atoms with Crippen molar-refractivity contribution in [2.75, 3.05) is 26.7 Å². The Morgan fingerprint density at radius 1 is 1.21 bits per heavy atom. The molecule has 2 rings (SSSR count). The Bertz CT molecular complexity index is 610. The van der Waals surface area contributed by atoms with Gasteiger partial charge < -0.3 is 15.4 Å². The zero-order valence-electron chi connectivity index (χ0n) is 14.5. The van der Waals surface area contributed by atoms with Crippen molar-refractivity contribution in [1.82, 2.24) is 20.4 Å². The molecule has 0 radical (unpaired) electrons. The first-order valence-corrected chi connectivity index (χ1v) is 8.46. The normalized spacial score (nSPS) is 11.3. The fourth-order valence-corrected chi connectivity index (χ4v) is 2.42. The summed E-state index contributed by atoms with van der Waals surface area (Å²) in [6.07, 6.45) is 5.66. The lowest BCUT2D eigenvalue weighted by atomic mass is 10.1. The molecular formula is C18H27N5O. The van der Waals surface area contributed by atoms with Crippen LogP contribution in [0.25, 0.3) is 0 Å². The summed E-state index contributed by atoms with van der Waals surface area (Å²) in [5.74, 6) is 1.79. The second-order valence-corrected chi connectivity index (χ2v) is 5.34. The van der Waals surface area contributed by atoms with Gasteiger partial charge in [0.1, 0.15) is 5.75 Å². The lowest BCUT2D eigenvalue weighted by molar-refractivity contribution is 0.336. The Hall–Kier alpha value is -2.50. The number of rotatable bonds is 9. The summed E-state index contributed by atoms with van der Waals surface area (Å²) in [6, 6.07) is 10.1. The summed E-state index contributed by atoms with van der Waals surface area (Å²) >= 11 is 0. The Morgan fingerprint density at radius 2 is 2.04 bits per heavy atom. The molecule has 0 saturated heterocycles. The van der Waals surface area contributed by atoms with Gasteiger partial charge in [-0.2, -0.15) is 5.10 Å². The average Bonchev–Trinajstić information content (AvgIpc) is 3.12. The molecular weight excluding hydrogens is 302 g/mol. The van der Waals surface area contributed by atoms with Gasteiger partial charge in [0.25, 0.3) is 0 Å². The molecule has 1 aromatic heterocycles.